The molecule has 1 atom stereocenters. The number of alkyl halides is 3. The van der Waals surface area contributed by atoms with Crippen molar-refractivity contribution in [2.24, 2.45) is 5.92 Å². The first-order chi connectivity index (χ1) is 14.7. The number of ether oxygens (including phenoxy) is 2. The van der Waals surface area contributed by atoms with Crippen LogP contribution in [0.25, 0.3) is 0 Å². The fraction of sp³-hybridized carbons (Fsp3) is 0.333. The second-order valence-corrected chi connectivity index (χ2v) is 7.25. The van der Waals surface area contributed by atoms with Gasteiger partial charge in [0.25, 0.3) is 0 Å². The molecule has 0 spiro atoms. The fourth-order valence-corrected chi connectivity index (χ4v) is 3.63. The number of nitrogens with zero attached hydrogens (tertiary/aromatic N) is 1. The highest BCUT2D eigenvalue weighted by Gasteiger charge is 2.37. The molecular weight excluding hydrogens is 420 g/mol. The Morgan fingerprint density at radius 2 is 1.84 bits per heavy atom. The third-order valence-corrected chi connectivity index (χ3v) is 5.16. The number of rotatable bonds is 4. The van der Waals surface area contributed by atoms with Gasteiger partial charge < -0.3 is 19.7 Å². The van der Waals surface area contributed by atoms with E-state index in [0.717, 1.165) is 12.1 Å². The summed E-state index contributed by atoms with van der Waals surface area (Å²) in [6.45, 7) is 0.475. The number of halogens is 4. The number of nitrogens with one attached hydrogen (secondary N) is 1. The molecule has 31 heavy (non-hydrogen) atoms. The number of hydrogen-bond donors (Lipinski definition) is 1. The van der Waals surface area contributed by atoms with Gasteiger partial charge in [0.2, 0.25) is 11.8 Å². The van der Waals surface area contributed by atoms with Crippen LogP contribution in [0.5, 0.6) is 11.5 Å². The molecule has 2 aromatic carbocycles. The number of anilines is 1. The van der Waals surface area contributed by atoms with Crippen molar-refractivity contribution in [2.45, 2.75) is 19.1 Å². The maximum absolute atomic E-state index is 13.2. The molecule has 1 saturated heterocycles. The average Bonchev–Trinajstić information content (AvgIpc) is 3.13. The molecule has 4 rings (SSSR count). The van der Waals surface area contributed by atoms with Gasteiger partial charge in [0.05, 0.1) is 11.5 Å². The van der Waals surface area contributed by atoms with Gasteiger partial charge >= 0.3 is 6.18 Å². The van der Waals surface area contributed by atoms with Crippen molar-refractivity contribution in [1.82, 2.24) is 5.32 Å². The van der Waals surface area contributed by atoms with E-state index < -0.39 is 35.9 Å². The zero-order chi connectivity index (χ0) is 22.2. The highest BCUT2D eigenvalue weighted by atomic mass is 19.4. The van der Waals surface area contributed by atoms with Gasteiger partial charge in [0.15, 0.2) is 11.5 Å². The van der Waals surface area contributed by atoms with Gasteiger partial charge in [-0.2, -0.15) is 13.2 Å². The number of carbonyl (C=O) groups excluding carboxylic acids is 2. The van der Waals surface area contributed by atoms with Crippen LogP contribution in [0.2, 0.25) is 0 Å². The Hall–Kier alpha value is -3.30. The van der Waals surface area contributed by atoms with Crippen molar-refractivity contribution < 1.29 is 36.6 Å². The Morgan fingerprint density at radius 1 is 1.10 bits per heavy atom. The molecule has 0 radical (unpaired) electrons. The summed E-state index contributed by atoms with van der Waals surface area (Å²) < 4.78 is 63.5. The molecule has 0 bridgehead atoms. The molecule has 1 fully saturated rings. The third kappa shape index (κ3) is 4.42. The molecule has 1 N–H and O–H groups in total. The summed E-state index contributed by atoms with van der Waals surface area (Å²) in [5.74, 6) is -1.51. The minimum Gasteiger partial charge on any atom is -0.486 e. The Bertz CT molecular complexity index is 1020. The minimum absolute atomic E-state index is 0.0736. The first-order valence-corrected chi connectivity index (χ1v) is 9.56. The molecule has 10 heteroatoms. The largest absolute Gasteiger partial charge is 0.486 e. The number of fused-ring (bicyclic) bond motifs is 1. The Balaban J connectivity index is 1.43. The van der Waals surface area contributed by atoms with Crippen LogP contribution in [-0.4, -0.2) is 31.6 Å². The average molecular weight is 438 g/mol. The van der Waals surface area contributed by atoms with E-state index in [0.29, 0.717) is 36.5 Å². The van der Waals surface area contributed by atoms with Crippen molar-refractivity contribution in [3.05, 3.63) is 53.3 Å². The van der Waals surface area contributed by atoms with E-state index >= 15 is 0 Å². The van der Waals surface area contributed by atoms with E-state index in [1.807, 2.05) is 0 Å². The molecule has 2 aliphatic heterocycles. The number of amides is 2. The smallest absolute Gasteiger partial charge is 0.416 e. The van der Waals surface area contributed by atoms with Gasteiger partial charge in [-0.3, -0.25) is 9.59 Å². The lowest BCUT2D eigenvalue weighted by molar-refractivity contribution is -0.138. The van der Waals surface area contributed by atoms with E-state index in [9.17, 15) is 27.2 Å². The van der Waals surface area contributed by atoms with Gasteiger partial charge in [-0.05, 0) is 29.8 Å². The summed E-state index contributed by atoms with van der Waals surface area (Å²) in [7, 11) is 0. The predicted molar refractivity (Wildman–Crippen MR) is 101 cm³/mol. The zero-order valence-electron chi connectivity index (χ0n) is 16.2. The van der Waals surface area contributed by atoms with Gasteiger partial charge in [0.1, 0.15) is 19.0 Å². The summed E-state index contributed by atoms with van der Waals surface area (Å²) in [6.07, 6.45) is -4.82. The lowest BCUT2D eigenvalue weighted by Gasteiger charge is -2.22. The van der Waals surface area contributed by atoms with Gasteiger partial charge in [-0.25, -0.2) is 4.39 Å². The van der Waals surface area contributed by atoms with Gasteiger partial charge in [-0.1, -0.05) is 6.07 Å². The van der Waals surface area contributed by atoms with Crippen LogP contribution < -0.4 is 19.7 Å². The summed E-state index contributed by atoms with van der Waals surface area (Å²) >= 11 is 0. The second-order valence-electron chi connectivity index (χ2n) is 7.25. The van der Waals surface area contributed by atoms with Crippen molar-refractivity contribution in [3.63, 3.8) is 0 Å². The van der Waals surface area contributed by atoms with Crippen LogP contribution in [0.3, 0.4) is 0 Å². The molecule has 2 amide bonds. The Morgan fingerprint density at radius 3 is 2.58 bits per heavy atom. The van der Waals surface area contributed by atoms with E-state index in [4.69, 9.17) is 9.47 Å². The standard InChI is InChI=1S/C21H18F4N2O4/c22-14-2-1-12(16(8-14)21(23,24)25)10-26-20(29)13-7-19(28)27(11-13)15-3-4-17-18(9-15)31-6-5-30-17/h1-4,8-9,13H,5-7,10-11H2,(H,26,29)/t13-/m0/s1. The van der Waals surface area contributed by atoms with Crippen LogP contribution in [0.15, 0.2) is 36.4 Å². The first kappa shape index (κ1) is 21.0. The quantitative estimate of drug-likeness (QED) is 0.745. The van der Waals surface area contributed by atoms with Crippen molar-refractivity contribution >= 4 is 17.5 Å². The van der Waals surface area contributed by atoms with Crippen molar-refractivity contribution in [2.75, 3.05) is 24.7 Å². The monoisotopic (exact) mass is 438 g/mol. The SMILES string of the molecule is O=C(NCc1ccc(F)cc1C(F)(F)F)[C@H]1CC(=O)N(c2ccc3c(c2)OCCO3)C1. The second kappa shape index (κ2) is 8.09. The molecule has 164 valence electrons. The Labute approximate surface area is 174 Å². The maximum atomic E-state index is 13.2. The molecule has 2 aromatic rings. The van der Waals surface area contributed by atoms with Gasteiger partial charge in [-0.15, -0.1) is 0 Å². The maximum Gasteiger partial charge on any atom is 0.416 e. The van der Waals surface area contributed by atoms with Crippen LogP contribution in [0, 0.1) is 11.7 Å². The normalized spacial score (nSPS) is 18.3. The molecule has 0 unspecified atom stereocenters. The van der Waals surface area contributed by atoms with E-state index in [2.05, 4.69) is 5.32 Å². The summed E-state index contributed by atoms with van der Waals surface area (Å²) in [5.41, 5.74) is -0.856. The first-order valence-electron chi connectivity index (χ1n) is 9.56. The van der Waals surface area contributed by atoms with Crippen LogP contribution in [0.1, 0.15) is 17.5 Å². The topological polar surface area (TPSA) is 67.9 Å². The summed E-state index contributed by atoms with van der Waals surface area (Å²) in [4.78, 5) is 26.4. The third-order valence-electron chi connectivity index (χ3n) is 5.16. The van der Waals surface area contributed by atoms with E-state index in [-0.39, 0.29) is 24.4 Å². The molecule has 0 aromatic heterocycles. The minimum atomic E-state index is -4.75. The zero-order valence-corrected chi connectivity index (χ0v) is 16.2. The molecule has 0 aliphatic carbocycles. The lowest BCUT2D eigenvalue weighted by atomic mass is 10.1. The van der Waals surface area contributed by atoms with Gasteiger partial charge in [0, 0.05) is 31.3 Å². The van der Waals surface area contributed by atoms with Crippen LogP contribution in [-0.2, 0) is 22.3 Å². The van der Waals surface area contributed by atoms with E-state index in [1.165, 1.54) is 4.90 Å². The number of carbonyl (C=O) groups is 2. The number of hydrogen-bond acceptors (Lipinski definition) is 4. The molecular formula is C21H18F4N2O4. The molecule has 0 saturated carbocycles. The number of benzene rings is 2. The highest BCUT2D eigenvalue weighted by molar-refractivity contribution is 6.00. The lowest BCUT2D eigenvalue weighted by Crippen LogP contribution is -2.33. The summed E-state index contributed by atoms with van der Waals surface area (Å²) in [5, 5.41) is 2.43. The van der Waals surface area contributed by atoms with E-state index in [1.54, 1.807) is 18.2 Å². The molecule has 2 aliphatic rings. The molecule has 2 heterocycles. The van der Waals surface area contributed by atoms with Crippen molar-refractivity contribution in [1.29, 1.82) is 0 Å². The predicted octanol–water partition coefficient (Wildman–Crippen LogP) is 3.29. The molecule has 6 nitrogen and oxygen atoms in total. The van der Waals surface area contributed by atoms with Crippen LogP contribution in [0.4, 0.5) is 23.2 Å². The highest BCUT2D eigenvalue weighted by Crippen LogP contribution is 2.36. The Kier molecular flexibility index (Phi) is 5.47. The fourth-order valence-electron chi connectivity index (χ4n) is 3.63. The van der Waals surface area contributed by atoms with Crippen LogP contribution >= 0.6 is 0 Å². The van der Waals surface area contributed by atoms with Crippen molar-refractivity contribution in [3.8, 4) is 11.5 Å². The summed E-state index contributed by atoms with van der Waals surface area (Å²) in [6, 6.07) is 7.29.